The lowest BCUT2D eigenvalue weighted by atomic mass is 9.92. The van der Waals surface area contributed by atoms with Gasteiger partial charge in [-0.25, -0.2) is 0 Å². The average molecular weight is 221 g/mol. The SMILES string of the molecule is C=CC=N/C=C(/C)CC(C)CC[C@H](C)CC. The lowest BCUT2D eigenvalue weighted by Crippen LogP contribution is -2.00. The highest BCUT2D eigenvalue weighted by Crippen LogP contribution is 2.20. The molecule has 0 heterocycles. The van der Waals surface area contributed by atoms with Gasteiger partial charge in [-0.2, -0.15) is 0 Å². The van der Waals surface area contributed by atoms with Crippen LogP contribution in [0.2, 0.25) is 0 Å². The molecule has 0 fully saturated rings. The summed E-state index contributed by atoms with van der Waals surface area (Å²) in [4.78, 5) is 4.15. The first-order chi connectivity index (χ1) is 7.60. The maximum Gasteiger partial charge on any atom is 0.0261 e. The number of hydrogen-bond acceptors (Lipinski definition) is 1. The molecule has 0 aromatic heterocycles. The molecular formula is C15H27N. The van der Waals surface area contributed by atoms with Crippen LogP contribution < -0.4 is 0 Å². The molecule has 92 valence electrons. The standard InChI is InChI=1S/C15H27N/c1-6-10-16-12-15(5)11-14(4)9-8-13(3)7-2/h6,10,12-14H,1,7-9,11H2,2-5H3/b15-12-,16-10?/t13-,14?/m1/s1. The molecule has 0 spiro atoms. The molecule has 1 heteroatoms. The summed E-state index contributed by atoms with van der Waals surface area (Å²) in [6.07, 6.45) is 10.5. The number of aliphatic imine (C=N–C) groups is 1. The van der Waals surface area contributed by atoms with Crippen LogP contribution in [0, 0.1) is 11.8 Å². The maximum absolute atomic E-state index is 4.15. The van der Waals surface area contributed by atoms with E-state index in [0.29, 0.717) is 0 Å². The van der Waals surface area contributed by atoms with Crippen LogP contribution in [0.15, 0.2) is 29.4 Å². The van der Waals surface area contributed by atoms with Crippen LogP contribution in [0.5, 0.6) is 0 Å². The molecule has 1 nitrogen and oxygen atoms in total. The zero-order chi connectivity index (χ0) is 12.4. The van der Waals surface area contributed by atoms with Gasteiger partial charge in [-0.3, -0.25) is 4.99 Å². The molecule has 0 aliphatic carbocycles. The molecule has 0 aliphatic heterocycles. The molecule has 0 aliphatic rings. The number of rotatable bonds is 8. The summed E-state index contributed by atoms with van der Waals surface area (Å²) in [5.41, 5.74) is 1.36. The van der Waals surface area contributed by atoms with Crippen molar-refractivity contribution in [3.8, 4) is 0 Å². The van der Waals surface area contributed by atoms with Crippen LogP contribution in [-0.2, 0) is 0 Å². The summed E-state index contributed by atoms with van der Waals surface area (Å²) in [6.45, 7) is 12.7. The predicted molar refractivity (Wildman–Crippen MR) is 74.9 cm³/mol. The largest absolute Gasteiger partial charge is 0.265 e. The van der Waals surface area contributed by atoms with Gasteiger partial charge in [-0.15, -0.1) is 0 Å². The number of hydrogen-bond donors (Lipinski definition) is 0. The van der Waals surface area contributed by atoms with E-state index in [1.807, 2.05) is 6.20 Å². The van der Waals surface area contributed by atoms with E-state index in [4.69, 9.17) is 0 Å². The van der Waals surface area contributed by atoms with Gasteiger partial charge in [0.1, 0.15) is 0 Å². The third kappa shape index (κ3) is 8.46. The van der Waals surface area contributed by atoms with Crippen LogP contribution in [0.4, 0.5) is 0 Å². The zero-order valence-electron chi connectivity index (χ0n) is 11.4. The van der Waals surface area contributed by atoms with E-state index in [9.17, 15) is 0 Å². The molecule has 0 N–H and O–H groups in total. The average Bonchev–Trinajstić information content (AvgIpc) is 2.26. The maximum atomic E-state index is 4.15. The van der Waals surface area contributed by atoms with Gasteiger partial charge >= 0.3 is 0 Å². The van der Waals surface area contributed by atoms with Crippen LogP contribution >= 0.6 is 0 Å². The first-order valence-corrected chi connectivity index (χ1v) is 6.40. The molecule has 2 atom stereocenters. The normalized spacial score (nSPS) is 16.4. The molecule has 0 bridgehead atoms. The first kappa shape index (κ1) is 15.2. The predicted octanol–water partition coefficient (Wildman–Crippen LogP) is 5.00. The van der Waals surface area contributed by atoms with Gasteiger partial charge < -0.3 is 0 Å². The second-order valence-electron chi connectivity index (χ2n) is 4.91. The number of allylic oxidation sites excluding steroid dienone is 2. The van der Waals surface area contributed by atoms with Crippen LogP contribution in [-0.4, -0.2) is 6.21 Å². The van der Waals surface area contributed by atoms with Crippen LogP contribution in [0.1, 0.15) is 53.4 Å². The topological polar surface area (TPSA) is 12.4 Å². The molecule has 0 rings (SSSR count). The highest BCUT2D eigenvalue weighted by atomic mass is 14.7. The molecular weight excluding hydrogens is 194 g/mol. The lowest BCUT2D eigenvalue weighted by Gasteiger charge is -2.14. The van der Waals surface area contributed by atoms with Crippen LogP contribution in [0.3, 0.4) is 0 Å². The van der Waals surface area contributed by atoms with E-state index in [0.717, 1.165) is 18.3 Å². The Morgan fingerprint density at radius 1 is 1.25 bits per heavy atom. The minimum Gasteiger partial charge on any atom is -0.265 e. The summed E-state index contributed by atoms with van der Waals surface area (Å²) >= 11 is 0. The minimum atomic E-state index is 0.768. The van der Waals surface area contributed by atoms with E-state index in [-0.39, 0.29) is 0 Å². The highest BCUT2D eigenvalue weighted by Gasteiger charge is 2.05. The fourth-order valence-corrected chi connectivity index (χ4v) is 1.71. The van der Waals surface area contributed by atoms with Crippen molar-refractivity contribution in [2.24, 2.45) is 16.8 Å². The van der Waals surface area contributed by atoms with E-state index in [2.05, 4.69) is 39.3 Å². The van der Waals surface area contributed by atoms with E-state index >= 15 is 0 Å². The van der Waals surface area contributed by atoms with Gasteiger partial charge in [0, 0.05) is 12.4 Å². The third-order valence-corrected chi connectivity index (χ3v) is 3.01. The Morgan fingerprint density at radius 3 is 2.44 bits per heavy atom. The Labute approximate surface area is 101 Å². The first-order valence-electron chi connectivity index (χ1n) is 6.40. The Kier molecular flexibility index (Phi) is 8.88. The van der Waals surface area contributed by atoms with Crippen molar-refractivity contribution < 1.29 is 0 Å². The van der Waals surface area contributed by atoms with Gasteiger partial charge in [0.25, 0.3) is 0 Å². The summed E-state index contributed by atoms with van der Waals surface area (Å²) in [6, 6.07) is 0. The molecule has 0 aromatic rings. The van der Waals surface area contributed by atoms with Gasteiger partial charge in [0.15, 0.2) is 0 Å². The van der Waals surface area contributed by atoms with E-state index in [1.165, 1.54) is 24.8 Å². The van der Waals surface area contributed by atoms with Gasteiger partial charge in [-0.1, -0.05) is 58.3 Å². The molecule has 0 saturated carbocycles. The number of nitrogens with zero attached hydrogens (tertiary/aromatic N) is 1. The van der Waals surface area contributed by atoms with Crippen molar-refractivity contribution >= 4 is 6.21 Å². The Balaban J connectivity index is 3.85. The fourth-order valence-electron chi connectivity index (χ4n) is 1.71. The molecule has 0 amide bonds. The van der Waals surface area contributed by atoms with E-state index < -0.39 is 0 Å². The molecule has 1 unspecified atom stereocenters. The van der Waals surface area contributed by atoms with Crippen molar-refractivity contribution in [1.29, 1.82) is 0 Å². The van der Waals surface area contributed by atoms with Crippen molar-refractivity contribution in [2.75, 3.05) is 0 Å². The van der Waals surface area contributed by atoms with Crippen molar-refractivity contribution in [1.82, 2.24) is 0 Å². The van der Waals surface area contributed by atoms with Gasteiger partial charge in [0.2, 0.25) is 0 Å². The second kappa shape index (κ2) is 9.38. The summed E-state index contributed by atoms with van der Waals surface area (Å²) in [5.74, 6) is 1.63. The van der Waals surface area contributed by atoms with Crippen molar-refractivity contribution in [2.45, 2.75) is 53.4 Å². The third-order valence-electron chi connectivity index (χ3n) is 3.01. The Morgan fingerprint density at radius 2 is 1.88 bits per heavy atom. The summed E-state index contributed by atoms with van der Waals surface area (Å²) in [7, 11) is 0. The smallest absolute Gasteiger partial charge is 0.0261 e. The van der Waals surface area contributed by atoms with E-state index in [1.54, 1.807) is 12.3 Å². The highest BCUT2D eigenvalue weighted by molar-refractivity contribution is 5.70. The fraction of sp³-hybridized carbons (Fsp3) is 0.667. The second-order valence-corrected chi connectivity index (χ2v) is 4.91. The van der Waals surface area contributed by atoms with Crippen LogP contribution in [0.25, 0.3) is 0 Å². The summed E-state index contributed by atoms with van der Waals surface area (Å²) in [5, 5.41) is 0. The van der Waals surface area contributed by atoms with Crippen molar-refractivity contribution in [3.63, 3.8) is 0 Å². The molecule has 0 saturated heterocycles. The molecule has 16 heavy (non-hydrogen) atoms. The minimum absolute atomic E-state index is 0.768. The molecule has 0 aromatic carbocycles. The summed E-state index contributed by atoms with van der Waals surface area (Å²) < 4.78 is 0. The monoisotopic (exact) mass is 221 g/mol. The van der Waals surface area contributed by atoms with Crippen molar-refractivity contribution in [3.05, 3.63) is 24.4 Å². The quantitative estimate of drug-likeness (QED) is 0.511. The Hall–Kier alpha value is -0.850. The Bertz CT molecular complexity index is 238. The molecule has 0 radical (unpaired) electrons. The zero-order valence-corrected chi connectivity index (χ0v) is 11.4. The lowest BCUT2D eigenvalue weighted by molar-refractivity contribution is 0.420. The van der Waals surface area contributed by atoms with Gasteiger partial charge in [-0.05, 0) is 25.2 Å². The van der Waals surface area contributed by atoms with Gasteiger partial charge in [0.05, 0.1) is 0 Å².